The molecule has 2 heterocycles. The molecule has 1 aromatic heterocycles. The monoisotopic (exact) mass is 459 g/mol. The molecule has 0 unspecified atom stereocenters. The first kappa shape index (κ1) is 21.6. The highest BCUT2D eigenvalue weighted by molar-refractivity contribution is 7.91. The highest BCUT2D eigenvalue weighted by atomic mass is 35.5. The number of benzene rings is 2. The maximum atomic E-state index is 13.5. The van der Waals surface area contributed by atoms with Crippen LogP contribution in [-0.4, -0.2) is 36.8 Å². The molecule has 1 atom stereocenters. The van der Waals surface area contributed by atoms with Gasteiger partial charge in [0.2, 0.25) is 0 Å². The summed E-state index contributed by atoms with van der Waals surface area (Å²) in [5.41, 5.74) is 2.55. The number of sulfone groups is 1. The molecule has 31 heavy (non-hydrogen) atoms. The van der Waals surface area contributed by atoms with Gasteiger partial charge in [-0.05, 0) is 55.2 Å². The van der Waals surface area contributed by atoms with E-state index in [1.807, 2.05) is 19.9 Å². The van der Waals surface area contributed by atoms with Crippen molar-refractivity contribution in [1.29, 1.82) is 0 Å². The van der Waals surface area contributed by atoms with Crippen LogP contribution in [0.15, 0.2) is 51.7 Å². The third kappa shape index (κ3) is 4.52. The molecule has 1 aliphatic rings. The average molecular weight is 460 g/mol. The van der Waals surface area contributed by atoms with E-state index in [4.69, 9.17) is 16.0 Å². The van der Waals surface area contributed by atoms with Gasteiger partial charge in [-0.25, -0.2) is 8.42 Å². The van der Waals surface area contributed by atoms with Gasteiger partial charge in [-0.1, -0.05) is 29.8 Å². The van der Waals surface area contributed by atoms with Crippen LogP contribution in [-0.2, 0) is 16.4 Å². The Kier molecular flexibility index (Phi) is 5.66. The van der Waals surface area contributed by atoms with E-state index in [1.165, 1.54) is 11.0 Å². The topological polar surface area (TPSA) is 84.7 Å². The van der Waals surface area contributed by atoms with Gasteiger partial charge in [-0.15, -0.1) is 0 Å². The van der Waals surface area contributed by atoms with Crippen molar-refractivity contribution in [3.63, 3.8) is 0 Å². The zero-order valence-corrected chi connectivity index (χ0v) is 18.8. The number of amides is 1. The van der Waals surface area contributed by atoms with Gasteiger partial charge >= 0.3 is 0 Å². The predicted octanol–water partition coefficient (Wildman–Crippen LogP) is 3.89. The third-order valence-corrected chi connectivity index (χ3v) is 7.56. The minimum Gasteiger partial charge on any atom is -0.451 e. The van der Waals surface area contributed by atoms with E-state index >= 15 is 0 Å². The molecular formula is C23H22ClNO5S. The van der Waals surface area contributed by atoms with Crippen molar-refractivity contribution in [1.82, 2.24) is 4.90 Å². The second kappa shape index (κ2) is 8.13. The Labute approximate surface area is 185 Å². The van der Waals surface area contributed by atoms with Crippen molar-refractivity contribution in [2.75, 3.05) is 11.5 Å². The second-order valence-corrected chi connectivity index (χ2v) is 10.7. The lowest BCUT2D eigenvalue weighted by atomic mass is 10.1. The fourth-order valence-corrected chi connectivity index (χ4v) is 5.94. The zero-order valence-electron chi connectivity index (χ0n) is 17.2. The molecule has 3 aromatic rings. The van der Waals surface area contributed by atoms with Crippen LogP contribution in [0.4, 0.5) is 0 Å². The lowest BCUT2D eigenvalue weighted by Gasteiger charge is -2.28. The van der Waals surface area contributed by atoms with Crippen molar-refractivity contribution < 1.29 is 17.6 Å². The van der Waals surface area contributed by atoms with Crippen LogP contribution >= 0.6 is 11.6 Å². The standard InChI is InChI=1S/C23H22ClNO5S/c1-14-9-15(2)22-19(26)11-21(30-20(22)10-14)23(27)25(18-7-8-31(28,29)13-18)12-16-3-5-17(24)6-4-16/h3-6,9-11,18H,7-8,12-13H2,1-2H3/t18-/m0/s1. The zero-order chi connectivity index (χ0) is 22.3. The van der Waals surface area contributed by atoms with Crippen LogP contribution in [0, 0.1) is 13.8 Å². The summed E-state index contributed by atoms with van der Waals surface area (Å²) in [4.78, 5) is 27.7. The van der Waals surface area contributed by atoms with Gasteiger partial charge in [0, 0.05) is 23.7 Å². The van der Waals surface area contributed by atoms with E-state index in [0.29, 0.717) is 22.4 Å². The molecule has 0 radical (unpaired) electrons. The Morgan fingerprint density at radius 1 is 1.16 bits per heavy atom. The fraction of sp³-hybridized carbons (Fsp3) is 0.304. The van der Waals surface area contributed by atoms with Crippen molar-refractivity contribution in [2.45, 2.75) is 32.9 Å². The van der Waals surface area contributed by atoms with E-state index in [0.717, 1.165) is 16.7 Å². The number of aryl methyl sites for hydroxylation is 2. The predicted molar refractivity (Wildman–Crippen MR) is 120 cm³/mol. The molecule has 2 aromatic carbocycles. The molecule has 0 saturated carbocycles. The van der Waals surface area contributed by atoms with Gasteiger partial charge < -0.3 is 9.32 Å². The van der Waals surface area contributed by atoms with E-state index in [-0.39, 0.29) is 29.2 Å². The molecule has 0 spiro atoms. The molecule has 6 nitrogen and oxygen atoms in total. The molecule has 8 heteroatoms. The Balaban J connectivity index is 1.76. The van der Waals surface area contributed by atoms with Gasteiger partial charge in [0.05, 0.1) is 16.9 Å². The maximum absolute atomic E-state index is 13.5. The lowest BCUT2D eigenvalue weighted by Crippen LogP contribution is -2.40. The normalized spacial score (nSPS) is 17.7. The molecule has 1 amide bonds. The highest BCUT2D eigenvalue weighted by Gasteiger charge is 2.36. The smallest absolute Gasteiger partial charge is 0.290 e. The number of carbonyl (C=O) groups is 1. The first-order valence-electron chi connectivity index (χ1n) is 9.94. The number of fused-ring (bicyclic) bond motifs is 1. The van der Waals surface area contributed by atoms with Crippen LogP contribution in [0.3, 0.4) is 0 Å². The molecule has 0 N–H and O–H groups in total. The van der Waals surface area contributed by atoms with Crippen molar-refractivity contribution in [3.05, 3.63) is 80.2 Å². The molecule has 0 aliphatic carbocycles. The van der Waals surface area contributed by atoms with E-state index in [9.17, 15) is 18.0 Å². The van der Waals surface area contributed by atoms with Gasteiger partial charge in [-0.3, -0.25) is 9.59 Å². The number of carbonyl (C=O) groups excluding carboxylic acids is 1. The summed E-state index contributed by atoms with van der Waals surface area (Å²) in [6.07, 6.45) is 0.345. The molecule has 0 bridgehead atoms. The number of halogens is 1. The lowest BCUT2D eigenvalue weighted by molar-refractivity contribution is 0.0648. The van der Waals surface area contributed by atoms with Gasteiger partial charge in [0.15, 0.2) is 21.0 Å². The van der Waals surface area contributed by atoms with Gasteiger partial charge in [-0.2, -0.15) is 0 Å². The summed E-state index contributed by atoms with van der Waals surface area (Å²) < 4.78 is 30.0. The van der Waals surface area contributed by atoms with Crippen LogP contribution in [0.1, 0.15) is 33.7 Å². The number of hydrogen-bond donors (Lipinski definition) is 0. The minimum atomic E-state index is -3.22. The first-order valence-corrected chi connectivity index (χ1v) is 12.1. The molecule has 1 fully saturated rings. The minimum absolute atomic E-state index is 0.0299. The number of nitrogens with zero attached hydrogens (tertiary/aromatic N) is 1. The quantitative estimate of drug-likeness (QED) is 0.590. The maximum Gasteiger partial charge on any atom is 0.290 e. The van der Waals surface area contributed by atoms with Crippen LogP contribution in [0.25, 0.3) is 11.0 Å². The summed E-state index contributed by atoms with van der Waals surface area (Å²) in [5, 5.41) is 1.01. The summed E-state index contributed by atoms with van der Waals surface area (Å²) in [6.45, 7) is 3.89. The van der Waals surface area contributed by atoms with E-state index in [1.54, 1.807) is 30.3 Å². The van der Waals surface area contributed by atoms with Crippen LogP contribution in [0.2, 0.25) is 5.02 Å². The third-order valence-electron chi connectivity index (χ3n) is 5.56. The molecule has 1 aliphatic heterocycles. The summed E-state index contributed by atoms with van der Waals surface area (Å²) in [7, 11) is -3.22. The number of hydrogen-bond acceptors (Lipinski definition) is 5. The Hall–Kier alpha value is -2.64. The largest absolute Gasteiger partial charge is 0.451 e. The molecule has 162 valence electrons. The van der Waals surface area contributed by atoms with Crippen LogP contribution < -0.4 is 5.43 Å². The van der Waals surface area contributed by atoms with Crippen molar-refractivity contribution >= 4 is 38.3 Å². The molecule has 1 saturated heterocycles. The molecular weight excluding hydrogens is 438 g/mol. The van der Waals surface area contributed by atoms with Crippen molar-refractivity contribution in [3.8, 4) is 0 Å². The summed E-state index contributed by atoms with van der Waals surface area (Å²) >= 11 is 5.96. The van der Waals surface area contributed by atoms with E-state index in [2.05, 4.69) is 0 Å². The summed E-state index contributed by atoms with van der Waals surface area (Å²) in [5.74, 6) is -0.680. The number of rotatable bonds is 4. The second-order valence-electron chi connectivity index (χ2n) is 8.05. The molecule has 4 rings (SSSR count). The highest BCUT2D eigenvalue weighted by Crippen LogP contribution is 2.25. The fourth-order valence-electron chi connectivity index (χ4n) is 4.09. The van der Waals surface area contributed by atoms with E-state index < -0.39 is 21.8 Å². The average Bonchev–Trinajstić information content (AvgIpc) is 3.05. The van der Waals surface area contributed by atoms with Gasteiger partial charge in [0.1, 0.15) is 5.58 Å². The Morgan fingerprint density at radius 3 is 2.52 bits per heavy atom. The van der Waals surface area contributed by atoms with Gasteiger partial charge in [0.25, 0.3) is 5.91 Å². The summed E-state index contributed by atoms with van der Waals surface area (Å²) in [6, 6.07) is 11.3. The van der Waals surface area contributed by atoms with Crippen LogP contribution in [0.5, 0.6) is 0 Å². The Morgan fingerprint density at radius 2 is 1.87 bits per heavy atom. The van der Waals surface area contributed by atoms with Crippen molar-refractivity contribution in [2.24, 2.45) is 0 Å². The SMILES string of the molecule is Cc1cc(C)c2c(=O)cc(C(=O)N(Cc3ccc(Cl)cc3)[C@H]3CCS(=O)(=O)C3)oc2c1. The Bertz CT molecular complexity index is 1330. The first-order chi connectivity index (χ1) is 14.6.